The molecular weight excluding hydrogens is 420 g/mol. The zero-order valence-electron chi connectivity index (χ0n) is 11.4. The Morgan fingerprint density at radius 3 is 2.00 bits per heavy atom. The van der Waals surface area contributed by atoms with Crippen molar-refractivity contribution in [2.75, 3.05) is 0 Å². The molecule has 2 amide bonds. The van der Waals surface area contributed by atoms with Crippen molar-refractivity contribution in [1.82, 2.24) is 0 Å². The highest BCUT2D eigenvalue weighted by Crippen LogP contribution is 2.36. The fourth-order valence-electron chi connectivity index (χ4n) is 2.14. The Hall–Kier alpha value is -2.56. The fraction of sp³-hybridized carbons (Fsp3) is 0. The van der Waals surface area contributed by atoms with E-state index in [0.717, 1.165) is 6.07 Å². The summed E-state index contributed by atoms with van der Waals surface area (Å²) < 4.78 is 14.6. The van der Waals surface area contributed by atoms with Gasteiger partial charge in [-0.25, -0.2) is 4.39 Å². The second-order valence-corrected chi connectivity index (χ2v) is 5.66. The third-order valence-corrected chi connectivity index (χ3v) is 3.93. The second kappa shape index (κ2) is 6.28. The Balaban J connectivity index is 2.89. The van der Waals surface area contributed by atoms with Gasteiger partial charge in [-0.15, -0.1) is 0 Å². The molecule has 0 unspecified atom stereocenters. The van der Waals surface area contributed by atoms with E-state index in [4.69, 9.17) is 11.5 Å². The number of nitrogens with two attached hydrogens (primary N) is 2. The van der Waals surface area contributed by atoms with E-state index in [0.29, 0.717) is 6.07 Å². The Morgan fingerprint density at radius 2 is 1.61 bits per heavy atom. The Bertz CT molecular complexity index is 799. The van der Waals surface area contributed by atoms with Crippen LogP contribution in [0, 0.1) is 19.5 Å². The number of primary amides is 2. The standard InChI is InChI=1S/C14H9FIN3O4/c15-9-4-6(19(22)23)5-10(16)12(9)11-7(13(17)20)2-1-3-8(11)14(18)21/h1-5H,(H2,17,20)(H2,18,21). The molecule has 2 aromatic rings. The van der Waals surface area contributed by atoms with Crippen LogP contribution in [-0.4, -0.2) is 16.7 Å². The number of hydrogen-bond donors (Lipinski definition) is 2. The first-order valence-electron chi connectivity index (χ1n) is 6.10. The molecule has 0 radical (unpaired) electrons. The van der Waals surface area contributed by atoms with Gasteiger partial charge >= 0.3 is 0 Å². The van der Waals surface area contributed by atoms with Gasteiger partial charge in [-0.2, -0.15) is 0 Å². The minimum atomic E-state index is -0.959. The van der Waals surface area contributed by atoms with Crippen LogP contribution in [0.1, 0.15) is 20.7 Å². The molecule has 0 aromatic heterocycles. The van der Waals surface area contributed by atoms with Gasteiger partial charge in [0.15, 0.2) is 0 Å². The number of benzene rings is 2. The van der Waals surface area contributed by atoms with Crippen LogP contribution in [0.25, 0.3) is 11.1 Å². The van der Waals surface area contributed by atoms with E-state index in [1.54, 1.807) is 22.6 Å². The first kappa shape index (κ1) is 16.8. The quantitative estimate of drug-likeness (QED) is 0.439. The van der Waals surface area contributed by atoms with Crippen LogP contribution in [-0.2, 0) is 0 Å². The summed E-state index contributed by atoms with van der Waals surface area (Å²) in [6.07, 6.45) is 0. The normalized spacial score (nSPS) is 10.3. The van der Waals surface area contributed by atoms with Crippen molar-refractivity contribution in [3.8, 4) is 11.1 Å². The smallest absolute Gasteiger partial charge is 0.273 e. The fourth-order valence-corrected chi connectivity index (χ4v) is 2.98. The molecule has 0 saturated heterocycles. The van der Waals surface area contributed by atoms with Gasteiger partial charge in [0, 0.05) is 31.9 Å². The molecule has 0 aliphatic rings. The zero-order chi connectivity index (χ0) is 17.3. The van der Waals surface area contributed by atoms with Crippen molar-refractivity contribution in [1.29, 1.82) is 0 Å². The van der Waals surface area contributed by atoms with Gasteiger partial charge < -0.3 is 11.5 Å². The lowest BCUT2D eigenvalue weighted by Crippen LogP contribution is -2.18. The van der Waals surface area contributed by atoms with Crippen LogP contribution in [0.5, 0.6) is 0 Å². The number of carbonyl (C=O) groups is 2. The highest BCUT2D eigenvalue weighted by atomic mass is 127. The van der Waals surface area contributed by atoms with E-state index in [9.17, 15) is 24.1 Å². The summed E-state index contributed by atoms with van der Waals surface area (Å²) in [5.74, 6) is -2.71. The summed E-state index contributed by atoms with van der Waals surface area (Å²) in [5, 5.41) is 10.8. The maximum Gasteiger partial charge on any atom is 0.273 e. The first-order chi connectivity index (χ1) is 10.7. The van der Waals surface area contributed by atoms with Crippen molar-refractivity contribution < 1.29 is 18.9 Å². The molecule has 0 fully saturated rings. The second-order valence-electron chi connectivity index (χ2n) is 4.50. The summed E-state index contributed by atoms with van der Waals surface area (Å²) in [6, 6.07) is 5.86. The lowest BCUT2D eigenvalue weighted by molar-refractivity contribution is -0.385. The van der Waals surface area contributed by atoms with Gasteiger partial charge in [0.1, 0.15) is 5.82 Å². The van der Waals surface area contributed by atoms with Crippen LogP contribution >= 0.6 is 22.6 Å². The number of amides is 2. The predicted molar refractivity (Wildman–Crippen MR) is 88.2 cm³/mol. The molecule has 2 rings (SSSR count). The summed E-state index contributed by atoms with van der Waals surface area (Å²) in [5.41, 5.74) is 9.67. The van der Waals surface area contributed by atoms with E-state index in [-0.39, 0.29) is 25.8 Å². The number of carbonyl (C=O) groups excluding carboxylic acids is 2. The minimum Gasteiger partial charge on any atom is -0.366 e. The number of rotatable bonds is 4. The van der Waals surface area contributed by atoms with E-state index in [1.165, 1.54) is 18.2 Å². The largest absolute Gasteiger partial charge is 0.366 e. The highest BCUT2D eigenvalue weighted by molar-refractivity contribution is 14.1. The Labute approximate surface area is 142 Å². The third-order valence-electron chi connectivity index (χ3n) is 3.08. The van der Waals surface area contributed by atoms with Crippen LogP contribution in [0.3, 0.4) is 0 Å². The summed E-state index contributed by atoms with van der Waals surface area (Å²) in [4.78, 5) is 33.3. The summed E-state index contributed by atoms with van der Waals surface area (Å²) in [6.45, 7) is 0. The van der Waals surface area contributed by atoms with Gasteiger partial charge in [-0.1, -0.05) is 6.07 Å². The Kier molecular flexibility index (Phi) is 4.59. The number of halogens is 2. The number of nitrogens with zero attached hydrogens (tertiary/aromatic N) is 1. The number of non-ortho nitro benzene ring substituents is 1. The molecule has 0 atom stereocenters. The maximum absolute atomic E-state index is 14.4. The predicted octanol–water partition coefficient (Wildman–Crippen LogP) is 2.20. The summed E-state index contributed by atoms with van der Waals surface area (Å²) in [7, 11) is 0. The SMILES string of the molecule is NC(=O)c1cccc(C(N)=O)c1-c1c(F)cc([N+](=O)[O-])cc1I. The van der Waals surface area contributed by atoms with Crippen molar-refractivity contribution in [3.05, 3.63) is 61.0 Å². The van der Waals surface area contributed by atoms with Crippen molar-refractivity contribution >= 4 is 40.1 Å². The molecule has 7 nitrogen and oxygen atoms in total. The topological polar surface area (TPSA) is 129 Å². The van der Waals surface area contributed by atoms with E-state index in [2.05, 4.69) is 0 Å². The van der Waals surface area contributed by atoms with Gasteiger partial charge in [0.25, 0.3) is 5.69 Å². The molecule has 0 spiro atoms. The van der Waals surface area contributed by atoms with Gasteiger partial charge in [-0.05, 0) is 34.7 Å². The molecular formula is C14H9FIN3O4. The average Bonchev–Trinajstić information content (AvgIpc) is 2.45. The number of nitro groups is 1. The molecule has 0 heterocycles. The Morgan fingerprint density at radius 1 is 1.09 bits per heavy atom. The van der Waals surface area contributed by atoms with E-state index >= 15 is 0 Å². The number of hydrogen-bond acceptors (Lipinski definition) is 4. The van der Waals surface area contributed by atoms with Crippen LogP contribution in [0.2, 0.25) is 0 Å². The maximum atomic E-state index is 14.4. The third kappa shape index (κ3) is 3.13. The van der Waals surface area contributed by atoms with Gasteiger partial charge in [-0.3, -0.25) is 19.7 Å². The van der Waals surface area contributed by atoms with Crippen LogP contribution in [0.4, 0.5) is 10.1 Å². The van der Waals surface area contributed by atoms with E-state index < -0.39 is 28.2 Å². The molecule has 0 saturated carbocycles. The van der Waals surface area contributed by atoms with Gasteiger partial charge in [0.05, 0.1) is 11.0 Å². The van der Waals surface area contributed by atoms with Crippen LogP contribution in [0.15, 0.2) is 30.3 Å². The molecule has 4 N–H and O–H groups in total. The molecule has 23 heavy (non-hydrogen) atoms. The molecule has 0 aliphatic carbocycles. The van der Waals surface area contributed by atoms with Gasteiger partial charge in [0.2, 0.25) is 11.8 Å². The molecule has 2 aromatic carbocycles. The monoisotopic (exact) mass is 429 g/mol. The van der Waals surface area contributed by atoms with Crippen molar-refractivity contribution in [2.45, 2.75) is 0 Å². The van der Waals surface area contributed by atoms with Crippen LogP contribution < -0.4 is 11.5 Å². The molecule has 9 heteroatoms. The zero-order valence-corrected chi connectivity index (χ0v) is 13.5. The summed E-state index contributed by atoms with van der Waals surface area (Å²) >= 11 is 1.68. The first-order valence-corrected chi connectivity index (χ1v) is 7.18. The number of nitro benzene ring substituents is 1. The van der Waals surface area contributed by atoms with Crippen molar-refractivity contribution in [2.24, 2.45) is 11.5 Å². The minimum absolute atomic E-state index is 0.0794. The highest BCUT2D eigenvalue weighted by Gasteiger charge is 2.24. The molecule has 0 bridgehead atoms. The molecule has 118 valence electrons. The van der Waals surface area contributed by atoms with Crippen molar-refractivity contribution in [3.63, 3.8) is 0 Å². The van der Waals surface area contributed by atoms with E-state index in [1.807, 2.05) is 0 Å². The average molecular weight is 429 g/mol. The molecule has 0 aliphatic heterocycles. The lowest BCUT2D eigenvalue weighted by atomic mass is 9.93. The lowest BCUT2D eigenvalue weighted by Gasteiger charge is -2.13.